The van der Waals surface area contributed by atoms with Gasteiger partial charge in [0.15, 0.2) is 5.75 Å². The number of rotatable bonds is 4. The lowest BCUT2D eigenvalue weighted by molar-refractivity contribution is -0.385. The summed E-state index contributed by atoms with van der Waals surface area (Å²) in [5.41, 5.74) is -0.903. The number of phenols is 1. The smallest absolute Gasteiger partial charge is 0.311 e. The predicted octanol–water partition coefficient (Wildman–Crippen LogP) is 2.23. The minimum atomic E-state index is -0.721. The summed E-state index contributed by atoms with van der Waals surface area (Å²) < 4.78 is 5.50. The normalized spacial score (nSPS) is 26.1. The summed E-state index contributed by atoms with van der Waals surface area (Å²) in [6, 6.07) is 3.50. The molecule has 7 heteroatoms. The molecule has 0 radical (unpaired) electrons. The first-order chi connectivity index (χ1) is 10.1. The van der Waals surface area contributed by atoms with Crippen molar-refractivity contribution in [2.24, 2.45) is 5.41 Å². The van der Waals surface area contributed by atoms with Gasteiger partial charge in [-0.25, -0.2) is 0 Å². The molecular formula is C15H20N2O5. The van der Waals surface area contributed by atoms with Crippen LogP contribution in [0.15, 0.2) is 18.2 Å². The molecule has 0 spiro atoms. The van der Waals surface area contributed by atoms with E-state index < -0.39 is 22.3 Å². The number of nitro benzene ring substituents is 1. The van der Waals surface area contributed by atoms with Gasteiger partial charge in [0.25, 0.3) is 5.91 Å². The zero-order valence-corrected chi connectivity index (χ0v) is 13.0. The van der Waals surface area contributed by atoms with Crippen molar-refractivity contribution in [3.8, 4) is 5.75 Å². The molecule has 0 aliphatic heterocycles. The Morgan fingerprint density at radius 2 is 2.09 bits per heavy atom. The molecule has 1 aliphatic carbocycles. The van der Waals surface area contributed by atoms with E-state index in [1.54, 1.807) is 7.11 Å². The van der Waals surface area contributed by atoms with Crippen molar-refractivity contribution in [1.82, 2.24) is 5.32 Å². The molecule has 2 atom stereocenters. The van der Waals surface area contributed by atoms with Gasteiger partial charge in [-0.15, -0.1) is 0 Å². The van der Waals surface area contributed by atoms with Crippen molar-refractivity contribution in [2.75, 3.05) is 7.11 Å². The molecule has 1 aromatic rings. The highest BCUT2D eigenvalue weighted by molar-refractivity contribution is 5.95. The van der Waals surface area contributed by atoms with E-state index in [0.717, 1.165) is 12.1 Å². The zero-order valence-electron chi connectivity index (χ0n) is 13.0. The number of phenolic OH excluding ortho intramolecular Hbond substituents is 1. The SMILES string of the molecule is CO[C@]1(C)C[C@H](NC(=O)c2ccc(O)c([N+](=O)[O-])c2)C1(C)C. The Bertz CT molecular complexity index is 628. The predicted molar refractivity (Wildman–Crippen MR) is 79.8 cm³/mol. The Labute approximate surface area is 128 Å². The fourth-order valence-corrected chi connectivity index (χ4v) is 2.78. The van der Waals surface area contributed by atoms with Crippen molar-refractivity contribution in [3.63, 3.8) is 0 Å². The quantitative estimate of drug-likeness (QED) is 0.656. The van der Waals surface area contributed by atoms with Gasteiger partial charge in [0, 0.05) is 30.2 Å². The number of benzene rings is 1. The van der Waals surface area contributed by atoms with Crippen LogP contribution in [-0.2, 0) is 4.74 Å². The van der Waals surface area contributed by atoms with E-state index in [4.69, 9.17) is 4.74 Å². The number of ether oxygens (including phenoxy) is 1. The van der Waals surface area contributed by atoms with Crippen LogP contribution in [-0.4, -0.2) is 34.7 Å². The van der Waals surface area contributed by atoms with E-state index in [9.17, 15) is 20.0 Å². The highest BCUT2D eigenvalue weighted by Gasteiger charge is 2.58. The number of amides is 1. The molecule has 7 nitrogen and oxygen atoms in total. The number of carbonyl (C=O) groups is 1. The van der Waals surface area contributed by atoms with Gasteiger partial charge in [0.05, 0.1) is 10.5 Å². The van der Waals surface area contributed by atoms with E-state index in [-0.39, 0.29) is 22.6 Å². The molecule has 1 aliphatic rings. The van der Waals surface area contributed by atoms with E-state index in [0.29, 0.717) is 6.42 Å². The van der Waals surface area contributed by atoms with E-state index in [2.05, 4.69) is 5.32 Å². The van der Waals surface area contributed by atoms with Gasteiger partial charge in [-0.1, -0.05) is 13.8 Å². The summed E-state index contributed by atoms with van der Waals surface area (Å²) in [4.78, 5) is 22.4. The van der Waals surface area contributed by atoms with Crippen LogP contribution in [0.4, 0.5) is 5.69 Å². The van der Waals surface area contributed by atoms with Gasteiger partial charge in [-0.3, -0.25) is 14.9 Å². The molecule has 0 unspecified atom stereocenters. The first-order valence-corrected chi connectivity index (χ1v) is 6.96. The number of nitrogens with zero attached hydrogens (tertiary/aromatic N) is 1. The third-order valence-electron chi connectivity index (χ3n) is 5.02. The molecule has 2 N–H and O–H groups in total. The number of aromatic hydroxyl groups is 1. The van der Waals surface area contributed by atoms with E-state index in [1.165, 1.54) is 6.07 Å². The average molecular weight is 308 g/mol. The lowest BCUT2D eigenvalue weighted by atomic mass is 9.56. The van der Waals surface area contributed by atoms with Crippen LogP contribution >= 0.6 is 0 Å². The zero-order chi connectivity index (χ0) is 16.7. The summed E-state index contributed by atoms with van der Waals surface area (Å²) in [6.45, 7) is 6.00. The van der Waals surface area contributed by atoms with Gasteiger partial charge in [0.2, 0.25) is 0 Å². The molecule has 1 fully saturated rings. The Morgan fingerprint density at radius 1 is 1.45 bits per heavy atom. The van der Waals surface area contributed by atoms with Crippen molar-refractivity contribution in [2.45, 2.75) is 38.8 Å². The number of carbonyl (C=O) groups excluding carboxylic acids is 1. The van der Waals surface area contributed by atoms with E-state index in [1.807, 2.05) is 20.8 Å². The number of nitro groups is 1. The Kier molecular flexibility index (Phi) is 3.87. The lowest BCUT2D eigenvalue weighted by Crippen LogP contribution is -2.68. The second-order valence-electron chi connectivity index (χ2n) is 6.35. The van der Waals surface area contributed by atoms with Gasteiger partial charge < -0.3 is 15.2 Å². The number of nitrogens with one attached hydrogen (secondary N) is 1. The average Bonchev–Trinajstić information content (AvgIpc) is 2.46. The minimum absolute atomic E-state index is 0.0854. The summed E-state index contributed by atoms with van der Waals surface area (Å²) in [7, 11) is 1.64. The van der Waals surface area contributed by atoms with Gasteiger partial charge in [-0.05, 0) is 25.5 Å². The summed E-state index contributed by atoms with van der Waals surface area (Å²) >= 11 is 0. The van der Waals surface area contributed by atoms with Crippen molar-refractivity contribution < 1.29 is 19.6 Å². The van der Waals surface area contributed by atoms with Crippen molar-refractivity contribution >= 4 is 11.6 Å². The van der Waals surface area contributed by atoms with Crippen LogP contribution < -0.4 is 5.32 Å². The minimum Gasteiger partial charge on any atom is -0.502 e. The third-order valence-corrected chi connectivity index (χ3v) is 5.02. The van der Waals surface area contributed by atoms with Crippen LogP contribution in [0.1, 0.15) is 37.6 Å². The number of hydrogen-bond acceptors (Lipinski definition) is 5. The fraction of sp³-hybridized carbons (Fsp3) is 0.533. The highest BCUT2D eigenvalue weighted by Crippen LogP contribution is 2.51. The first-order valence-electron chi connectivity index (χ1n) is 6.96. The van der Waals surface area contributed by atoms with Gasteiger partial charge in [-0.2, -0.15) is 0 Å². The van der Waals surface area contributed by atoms with Crippen molar-refractivity contribution in [1.29, 1.82) is 0 Å². The molecule has 22 heavy (non-hydrogen) atoms. The number of hydrogen-bond donors (Lipinski definition) is 2. The molecule has 0 aromatic heterocycles. The molecule has 120 valence electrons. The van der Waals surface area contributed by atoms with Crippen LogP contribution in [0, 0.1) is 15.5 Å². The summed E-state index contributed by atoms with van der Waals surface area (Å²) in [6.07, 6.45) is 0.669. The van der Waals surface area contributed by atoms with Crippen LogP contribution in [0.3, 0.4) is 0 Å². The molecule has 0 saturated heterocycles. The Morgan fingerprint density at radius 3 is 2.59 bits per heavy atom. The monoisotopic (exact) mass is 308 g/mol. The molecule has 1 aromatic carbocycles. The standard InChI is InChI=1S/C15H20N2O5/c1-14(2)12(8-15(14,3)22-4)16-13(19)9-5-6-11(18)10(7-9)17(20)21/h5-7,12,18H,8H2,1-4H3,(H,16,19)/t12-,15+/m0/s1. The second kappa shape index (κ2) is 5.24. The maximum atomic E-state index is 12.3. The van der Waals surface area contributed by atoms with E-state index >= 15 is 0 Å². The molecule has 0 heterocycles. The Hall–Kier alpha value is -2.15. The maximum Gasteiger partial charge on any atom is 0.311 e. The topological polar surface area (TPSA) is 102 Å². The maximum absolute atomic E-state index is 12.3. The van der Waals surface area contributed by atoms with Crippen LogP contribution in [0.2, 0.25) is 0 Å². The van der Waals surface area contributed by atoms with Gasteiger partial charge >= 0.3 is 5.69 Å². The lowest BCUT2D eigenvalue weighted by Gasteiger charge is -2.59. The largest absolute Gasteiger partial charge is 0.502 e. The third kappa shape index (κ3) is 2.41. The van der Waals surface area contributed by atoms with Crippen molar-refractivity contribution in [3.05, 3.63) is 33.9 Å². The fourth-order valence-electron chi connectivity index (χ4n) is 2.78. The summed E-state index contributed by atoms with van der Waals surface area (Å²) in [5.74, 6) is -0.864. The van der Waals surface area contributed by atoms with Gasteiger partial charge in [0.1, 0.15) is 0 Å². The van der Waals surface area contributed by atoms with Crippen LogP contribution in [0.25, 0.3) is 0 Å². The second-order valence-corrected chi connectivity index (χ2v) is 6.35. The Balaban J connectivity index is 2.15. The molecular weight excluding hydrogens is 288 g/mol. The molecule has 1 amide bonds. The van der Waals surface area contributed by atoms with Crippen LogP contribution in [0.5, 0.6) is 5.75 Å². The molecule has 2 rings (SSSR count). The molecule has 1 saturated carbocycles. The molecule has 0 bridgehead atoms. The first kappa shape index (κ1) is 16.2. The highest BCUT2D eigenvalue weighted by atomic mass is 16.6. The summed E-state index contributed by atoms with van der Waals surface area (Å²) in [5, 5.41) is 23.1. The number of methoxy groups -OCH3 is 1.